The van der Waals surface area contributed by atoms with Crippen LogP contribution in [-0.4, -0.2) is 28.2 Å². The quantitative estimate of drug-likeness (QED) is 0.414. The maximum Gasteiger partial charge on any atom is 0.335 e. The van der Waals surface area contributed by atoms with Crippen LogP contribution >= 0.6 is 0 Å². The molecule has 1 heterocycles. The van der Waals surface area contributed by atoms with Crippen molar-refractivity contribution in [3.8, 4) is 5.75 Å². The highest BCUT2D eigenvalue weighted by Crippen LogP contribution is 2.24. The van der Waals surface area contributed by atoms with Crippen LogP contribution in [0.2, 0.25) is 0 Å². The first kappa shape index (κ1) is 19.2. The van der Waals surface area contributed by atoms with Gasteiger partial charge in [-0.2, -0.15) is 4.98 Å². The van der Waals surface area contributed by atoms with Crippen LogP contribution in [0.5, 0.6) is 5.75 Å². The molecule has 1 aromatic heterocycles. The number of nitrogens with zero attached hydrogens (tertiary/aromatic N) is 2. The molecule has 4 rings (SSSR count). The third-order valence-corrected chi connectivity index (χ3v) is 4.59. The highest BCUT2D eigenvalue weighted by molar-refractivity contribution is 5.91. The number of nitrogens with one attached hydrogen (secondary N) is 2. The molecule has 0 radical (unpaired) electrons. The average molecular weight is 400 g/mol. The molecule has 0 spiro atoms. The molecule has 3 N–H and O–H groups in total. The van der Waals surface area contributed by atoms with E-state index >= 15 is 0 Å². The van der Waals surface area contributed by atoms with E-state index in [9.17, 15) is 9.90 Å². The van der Waals surface area contributed by atoms with Gasteiger partial charge in [0.2, 0.25) is 5.95 Å². The topological polar surface area (TPSA) is 96.4 Å². The first-order valence-corrected chi connectivity index (χ1v) is 9.36. The van der Waals surface area contributed by atoms with E-state index in [1.165, 1.54) is 6.07 Å². The highest BCUT2D eigenvalue weighted by atomic mass is 16.5. The van der Waals surface area contributed by atoms with Crippen molar-refractivity contribution in [3.05, 3.63) is 83.9 Å². The number of anilines is 3. The van der Waals surface area contributed by atoms with Crippen LogP contribution in [0.1, 0.15) is 15.9 Å². The zero-order valence-electron chi connectivity index (χ0n) is 16.3. The summed E-state index contributed by atoms with van der Waals surface area (Å²) in [5, 5.41) is 16.6. The van der Waals surface area contributed by atoms with Crippen molar-refractivity contribution in [3.63, 3.8) is 0 Å². The summed E-state index contributed by atoms with van der Waals surface area (Å²) < 4.78 is 5.20. The van der Waals surface area contributed by atoms with Gasteiger partial charge in [-0.3, -0.25) is 0 Å². The lowest BCUT2D eigenvalue weighted by Crippen LogP contribution is -2.06. The number of ether oxygens (including phenoxy) is 1. The van der Waals surface area contributed by atoms with E-state index in [1.807, 2.05) is 48.5 Å². The number of hydrogen-bond donors (Lipinski definition) is 3. The molecule has 30 heavy (non-hydrogen) atoms. The number of rotatable bonds is 7. The number of aromatic nitrogens is 2. The summed E-state index contributed by atoms with van der Waals surface area (Å²) in [6, 6.07) is 22.1. The second-order valence-electron chi connectivity index (χ2n) is 6.63. The smallest absolute Gasteiger partial charge is 0.335 e. The van der Waals surface area contributed by atoms with Gasteiger partial charge in [-0.25, -0.2) is 9.78 Å². The maximum atomic E-state index is 11.2. The van der Waals surface area contributed by atoms with E-state index in [1.54, 1.807) is 25.3 Å². The van der Waals surface area contributed by atoms with Crippen LogP contribution in [0, 0.1) is 0 Å². The summed E-state index contributed by atoms with van der Waals surface area (Å²) in [6.07, 6.45) is 0. The molecule has 4 aromatic rings. The summed E-state index contributed by atoms with van der Waals surface area (Å²) in [4.78, 5) is 20.4. The van der Waals surface area contributed by atoms with Crippen molar-refractivity contribution in [1.29, 1.82) is 0 Å². The summed E-state index contributed by atoms with van der Waals surface area (Å²) in [6.45, 7) is 0.582. The predicted molar refractivity (Wildman–Crippen MR) is 117 cm³/mol. The second kappa shape index (κ2) is 8.48. The fraction of sp³-hybridized carbons (Fsp3) is 0.0870. The Balaban J connectivity index is 1.62. The second-order valence-corrected chi connectivity index (χ2v) is 6.63. The minimum absolute atomic E-state index is 0.193. The molecule has 0 aliphatic carbocycles. The van der Waals surface area contributed by atoms with Gasteiger partial charge in [0.1, 0.15) is 11.6 Å². The minimum atomic E-state index is -0.986. The van der Waals surface area contributed by atoms with Gasteiger partial charge in [-0.05, 0) is 48.0 Å². The monoisotopic (exact) mass is 400 g/mol. The standard InChI is InChI=1S/C23H20N4O3/c1-30-18-11-9-15(10-12-18)14-24-21-19-7-2-3-8-20(19)26-23(27-21)25-17-6-4-5-16(13-17)22(28)29/h2-13H,14H2,1H3,(H,28,29)(H2,24,25,26,27). The van der Waals surface area contributed by atoms with Crippen molar-refractivity contribution in [2.24, 2.45) is 0 Å². The fourth-order valence-electron chi connectivity index (χ4n) is 3.06. The number of para-hydroxylation sites is 1. The van der Waals surface area contributed by atoms with Crippen molar-refractivity contribution < 1.29 is 14.6 Å². The molecular formula is C23H20N4O3. The molecule has 7 heteroatoms. The lowest BCUT2D eigenvalue weighted by Gasteiger charge is -2.12. The van der Waals surface area contributed by atoms with Gasteiger partial charge >= 0.3 is 5.97 Å². The number of benzene rings is 3. The van der Waals surface area contributed by atoms with Gasteiger partial charge in [0.15, 0.2) is 0 Å². The first-order valence-electron chi connectivity index (χ1n) is 9.36. The normalized spacial score (nSPS) is 10.6. The summed E-state index contributed by atoms with van der Waals surface area (Å²) in [7, 11) is 1.64. The van der Waals surface area contributed by atoms with Gasteiger partial charge in [0.05, 0.1) is 18.2 Å². The van der Waals surface area contributed by atoms with E-state index in [-0.39, 0.29) is 5.56 Å². The van der Waals surface area contributed by atoms with Gasteiger partial charge in [0, 0.05) is 17.6 Å². The summed E-state index contributed by atoms with van der Waals surface area (Å²) in [5.74, 6) is 0.892. The minimum Gasteiger partial charge on any atom is -0.497 e. The predicted octanol–water partition coefficient (Wildman–Crippen LogP) is 4.69. The zero-order chi connectivity index (χ0) is 20.9. The summed E-state index contributed by atoms with van der Waals surface area (Å²) in [5.41, 5.74) is 2.66. The molecule has 0 unspecified atom stereocenters. The van der Waals surface area contributed by atoms with Crippen LogP contribution in [0.3, 0.4) is 0 Å². The molecule has 0 amide bonds. The largest absolute Gasteiger partial charge is 0.497 e. The van der Waals surface area contributed by atoms with Crippen molar-refractivity contribution in [1.82, 2.24) is 9.97 Å². The van der Waals surface area contributed by atoms with Crippen molar-refractivity contribution >= 4 is 34.3 Å². The van der Waals surface area contributed by atoms with E-state index in [4.69, 9.17) is 4.74 Å². The summed E-state index contributed by atoms with van der Waals surface area (Å²) >= 11 is 0. The number of methoxy groups -OCH3 is 1. The Hall–Kier alpha value is -4.13. The number of hydrogen-bond acceptors (Lipinski definition) is 6. The highest BCUT2D eigenvalue weighted by Gasteiger charge is 2.09. The Kier molecular flexibility index (Phi) is 5.43. The number of aromatic carboxylic acids is 1. The van der Waals surface area contributed by atoms with E-state index < -0.39 is 5.97 Å². The lowest BCUT2D eigenvalue weighted by atomic mass is 10.2. The van der Waals surface area contributed by atoms with Gasteiger partial charge in [0.25, 0.3) is 0 Å². The van der Waals surface area contributed by atoms with Crippen LogP contribution < -0.4 is 15.4 Å². The zero-order valence-corrected chi connectivity index (χ0v) is 16.3. The molecule has 0 atom stereocenters. The van der Waals surface area contributed by atoms with Gasteiger partial charge in [-0.1, -0.05) is 30.3 Å². The molecule has 0 bridgehead atoms. The molecule has 0 saturated carbocycles. The molecule has 150 valence electrons. The Morgan fingerprint density at radius 2 is 1.80 bits per heavy atom. The fourth-order valence-corrected chi connectivity index (χ4v) is 3.06. The Labute approximate surface area is 173 Å². The van der Waals surface area contributed by atoms with Crippen molar-refractivity contribution in [2.45, 2.75) is 6.54 Å². The number of fused-ring (bicyclic) bond motifs is 1. The SMILES string of the molecule is COc1ccc(CNc2nc(Nc3cccc(C(=O)O)c3)nc3ccccc23)cc1. The molecular weight excluding hydrogens is 380 g/mol. The molecule has 3 aromatic carbocycles. The Bertz CT molecular complexity index is 1190. The Morgan fingerprint density at radius 3 is 2.57 bits per heavy atom. The molecule has 7 nitrogen and oxygen atoms in total. The third kappa shape index (κ3) is 4.30. The van der Waals surface area contributed by atoms with E-state index in [0.717, 1.165) is 22.2 Å². The maximum absolute atomic E-state index is 11.2. The molecule has 0 saturated heterocycles. The van der Waals surface area contributed by atoms with Gasteiger partial charge < -0.3 is 20.5 Å². The van der Waals surface area contributed by atoms with Crippen LogP contribution in [0.15, 0.2) is 72.8 Å². The molecule has 0 aliphatic heterocycles. The van der Waals surface area contributed by atoms with Crippen LogP contribution in [-0.2, 0) is 6.54 Å². The number of carbonyl (C=O) groups is 1. The first-order chi connectivity index (χ1) is 14.6. The average Bonchev–Trinajstić information content (AvgIpc) is 2.78. The van der Waals surface area contributed by atoms with E-state index in [2.05, 4.69) is 20.6 Å². The lowest BCUT2D eigenvalue weighted by molar-refractivity contribution is 0.0697. The molecule has 0 fully saturated rings. The van der Waals surface area contributed by atoms with Gasteiger partial charge in [-0.15, -0.1) is 0 Å². The Morgan fingerprint density at radius 1 is 1.00 bits per heavy atom. The van der Waals surface area contributed by atoms with Crippen LogP contribution in [0.4, 0.5) is 17.5 Å². The molecule has 0 aliphatic rings. The van der Waals surface area contributed by atoms with Crippen LogP contribution in [0.25, 0.3) is 10.9 Å². The van der Waals surface area contributed by atoms with Crippen molar-refractivity contribution in [2.75, 3.05) is 17.7 Å². The number of carboxylic acid groups (broad SMARTS) is 1. The third-order valence-electron chi connectivity index (χ3n) is 4.59. The van der Waals surface area contributed by atoms with E-state index in [0.29, 0.717) is 24.0 Å². The number of carboxylic acids is 1.